The molecule has 1 aromatic carbocycles. The smallest absolute Gasteiger partial charge is 0.126 e. The van der Waals surface area contributed by atoms with Crippen LogP contribution in [0.1, 0.15) is 37.2 Å². The zero-order valence-electron chi connectivity index (χ0n) is 8.35. The number of rotatable bonds is 1. The Kier molecular flexibility index (Phi) is 3.39. The van der Waals surface area contributed by atoms with Crippen LogP contribution in [0.4, 0.5) is 8.78 Å². The normalized spacial score (nSPS) is 26.6. The van der Waals surface area contributed by atoms with Crippen LogP contribution in [0.3, 0.4) is 0 Å². The van der Waals surface area contributed by atoms with Gasteiger partial charge in [-0.3, -0.25) is 0 Å². The van der Waals surface area contributed by atoms with E-state index in [-0.39, 0.29) is 5.92 Å². The Morgan fingerprint density at radius 1 is 1.00 bits per heavy atom. The quantitative estimate of drug-likeness (QED) is 0.667. The van der Waals surface area contributed by atoms with Crippen LogP contribution in [-0.2, 0) is 0 Å². The van der Waals surface area contributed by atoms with Gasteiger partial charge in [-0.2, -0.15) is 0 Å². The van der Waals surface area contributed by atoms with Gasteiger partial charge in [0, 0.05) is 10.9 Å². The van der Waals surface area contributed by atoms with E-state index in [1.807, 2.05) is 0 Å². The number of hydrogen-bond donors (Lipinski definition) is 0. The first-order valence-electron chi connectivity index (χ1n) is 5.27. The topological polar surface area (TPSA) is 0 Å². The van der Waals surface area contributed by atoms with Gasteiger partial charge in [0.15, 0.2) is 0 Å². The van der Waals surface area contributed by atoms with Crippen molar-refractivity contribution >= 4 is 15.9 Å². The van der Waals surface area contributed by atoms with E-state index >= 15 is 0 Å². The van der Waals surface area contributed by atoms with Crippen molar-refractivity contribution < 1.29 is 8.78 Å². The molecule has 0 nitrogen and oxygen atoms in total. The van der Waals surface area contributed by atoms with Gasteiger partial charge in [-0.05, 0) is 36.5 Å². The van der Waals surface area contributed by atoms with Gasteiger partial charge < -0.3 is 0 Å². The van der Waals surface area contributed by atoms with Crippen LogP contribution in [0.25, 0.3) is 0 Å². The van der Waals surface area contributed by atoms with Crippen LogP contribution in [0.2, 0.25) is 0 Å². The maximum absolute atomic E-state index is 13.1. The third-order valence-corrected chi connectivity index (χ3v) is 4.09. The van der Waals surface area contributed by atoms with Gasteiger partial charge in [0.05, 0.1) is 0 Å². The maximum atomic E-state index is 13.1. The molecule has 1 aliphatic carbocycles. The molecule has 3 heteroatoms. The molecule has 0 N–H and O–H groups in total. The fraction of sp³-hybridized carbons (Fsp3) is 0.500. The van der Waals surface area contributed by atoms with Gasteiger partial charge in [-0.1, -0.05) is 28.8 Å². The zero-order valence-corrected chi connectivity index (χ0v) is 9.94. The van der Waals surface area contributed by atoms with Crippen LogP contribution in [0.15, 0.2) is 18.2 Å². The summed E-state index contributed by atoms with van der Waals surface area (Å²) in [6.45, 7) is 0. The standard InChI is InChI=1S/C12H13BrF2/c13-12-4-2-1-3-11(12)8-5-9(14)7-10(15)6-8/h5-7,11-12H,1-4H2. The summed E-state index contributed by atoms with van der Waals surface area (Å²) in [7, 11) is 0. The number of hydrogen-bond acceptors (Lipinski definition) is 0. The zero-order chi connectivity index (χ0) is 10.8. The summed E-state index contributed by atoms with van der Waals surface area (Å²) in [5.74, 6) is -0.700. The molecule has 0 aromatic heterocycles. The molecule has 0 spiro atoms. The minimum absolute atomic E-state index is 0.254. The lowest BCUT2D eigenvalue weighted by Gasteiger charge is -2.27. The fourth-order valence-corrected chi connectivity index (χ4v) is 3.14. The van der Waals surface area contributed by atoms with Crippen LogP contribution in [0, 0.1) is 11.6 Å². The van der Waals surface area contributed by atoms with E-state index < -0.39 is 11.6 Å². The number of halogens is 3. The van der Waals surface area contributed by atoms with Crippen molar-refractivity contribution in [3.63, 3.8) is 0 Å². The SMILES string of the molecule is Fc1cc(F)cc(C2CCCCC2Br)c1. The van der Waals surface area contributed by atoms with E-state index in [2.05, 4.69) is 15.9 Å². The van der Waals surface area contributed by atoms with Gasteiger partial charge in [-0.15, -0.1) is 0 Å². The summed E-state index contributed by atoms with van der Waals surface area (Å²) >= 11 is 3.60. The van der Waals surface area contributed by atoms with E-state index in [1.165, 1.54) is 18.6 Å². The highest BCUT2D eigenvalue weighted by atomic mass is 79.9. The molecule has 0 aliphatic heterocycles. The van der Waals surface area contributed by atoms with Gasteiger partial charge >= 0.3 is 0 Å². The van der Waals surface area contributed by atoms with Crippen LogP contribution in [0.5, 0.6) is 0 Å². The molecule has 0 saturated heterocycles. The van der Waals surface area contributed by atoms with Crippen LogP contribution in [-0.4, -0.2) is 4.83 Å². The minimum Gasteiger partial charge on any atom is -0.207 e. The Morgan fingerprint density at radius 3 is 2.20 bits per heavy atom. The lowest BCUT2D eigenvalue weighted by atomic mass is 9.84. The third-order valence-electron chi connectivity index (χ3n) is 2.99. The van der Waals surface area contributed by atoms with E-state index in [0.29, 0.717) is 4.83 Å². The van der Waals surface area contributed by atoms with E-state index in [0.717, 1.165) is 30.9 Å². The van der Waals surface area contributed by atoms with Gasteiger partial charge in [0.25, 0.3) is 0 Å². The van der Waals surface area contributed by atoms with Crippen molar-refractivity contribution in [2.45, 2.75) is 36.4 Å². The summed E-state index contributed by atoms with van der Waals surface area (Å²) < 4.78 is 26.1. The number of benzene rings is 1. The molecular weight excluding hydrogens is 262 g/mol. The van der Waals surface area contributed by atoms with E-state index in [4.69, 9.17) is 0 Å². The summed E-state index contributed by atoms with van der Waals surface area (Å²) in [4.78, 5) is 0.354. The Labute approximate surface area is 96.8 Å². The second kappa shape index (κ2) is 4.60. The highest BCUT2D eigenvalue weighted by molar-refractivity contribution is 9.09. The van der Waals surface area contributed by atoms with Gasteiger partial charge in [0.2, 0.25) is 0 Å². The van der Waals surface area contributed by atoms with E-state index in [1.54, 1.807) is 0 Å². The van der Waals surface area contributed by atoms with Gasteiger partial charge in [0.1, 0.15) is 11.6 Å². The molecule has 0 radical (unpaired) electrons. The second-order valence-electron chi connectivity index (χ2n) is 4.11. The summed E-state index contributed by atoms with van der Waals surface area (Å²) in [5.41, 5.74) is 0.786. The molecule has 2 atom stereocenters. The first-order chi connectivity index (χ1) is 7.16. The van der Waals surface area contributed by atoms with Gasteiger partial charge in [-0.25, -0.2) is 8.78 Å². The molecule has 0 heterocycles. The Morgan fingerprint density at radius 2 is 1.60 bits per heavy atom. The second-order valence-corrected chi connectivity index (χ2v) is 5.29. The summed E-state index contributed by atoms with van der Waals surface area (Å²) in [5, 5.41) is 0. The molecule has 1 aromatic rings. The predicted octanol–water partition coefficient (Wildman–Crippen LogP) is 4.39. The van der Waals surface area contributed by atoms with Crippen molar-refractivity contribution in [1.29, 1.82) is 0 Å². The van der Waals surface area contributed by atoms with Crippen molar-refractivity contribution in [1.82, 2.24) is 0 Å². The molecule has 0 amide bonds. The van der Waals surface area contributed by atoms with Crippen LogP contribution >= 0.6 is 15.9 Å². The Bertz CT molecular complexity index is 331. The molecule has 82 valence electrons. The first kappa shape index (κ1) is 11.1. The van der Waals surface area contributed by atoms with Crippen molar-refractivity contribution in [3.05, 3.63) is 35.4 Å². The first-order valence-corrected chi connectivity index (χ1v) is 6.18. The molecule has 15 heavy (non-hydrogen) atoms. The van der Waals surface area contributed by atoms with Crippen molar-refractivity contribution in [2.24, 2.45) is 0 Å². The molecule has 1 fully saturated rings. The Hall–Kier alpha value is -0.440. The summed E-state index contributed by atoms with van der Waals surface area (Å²) in [6.07, 6.45) is 4.44. The minimum atomic E-state index is -0.477. The summed E-state index contributed by atoms with van der Waals surface area (Å²) in [6, 6.07) is 3.83. The van der Waals surface area contributed by atoms with Crippen LogP contribution < -0.4 is 0 Å². The maximum Gasteiger partial charge on any atom is 0.126 e. The van der Waals surface area contributed by atoms with Crippen molar-refractivity contribution in [3.8, 4) is 0 Å². The fourth-order valence-electron chi connectivity index (χ4n) is 2.25. The third kappa shape index (κ3) is 2.57. The predicted molar refractivity (Wildman–Crippen MR) is 60.3 cm³/mol. The molecule has 0 bridgehead atoms. The average Bonchev–Trinajstić information content (AvgIpc) is 2.16. The molecule has 1 saturated carbocycles. The molecule has 2 rings (SSSR count). The molecule has 1 aliphatic rings. The molecule has 2 unspecified atom stereocenters. The average molecular weight is 275 g/mol. The largest absolute Gasteiger partial charge is 0.207 e. The Balaban J connectivity index is 2.27. The molecular formula is C12H13BrF2. The lowest BCUT2D eigenvalue weighted by molar-refractivity contribution is 0.456. The van der Waals surface area contributed by atoms with Crippen molar-refractivity contribution in [2.75, 3.05) is 0 Å². The monoisotopic (exact) mass is 274 g/mol. The van der Waals surface area contributed by atoms with E-state index in [9.17, 15) is 8.78 Å². The highest BCUT2D eigenvalue weighted by Crippen LogP contribution is 2.37. The highest BCUT2D eigenvalue weighted by Gasteiger charge is 2.24. The lowest BCUT2D eigenvalue weighted by Crippen LogP contribution is -2.17. The number of alkyl halides is 1.